The molecule has 0 amide bonds. The zero-order valence-electron chi connectivity index (χ0n) is 26.4. The van der Waals surface area contributed by atoms with Crippen molar-refractivity contribution in [3.63, 3.8) is 0 Å². The largest absolute Gasteiger partial charge is 0.390 e. The lowest BCUT2D eigenvalue weighted by atomic mass is 9.68. The fourth-order valence-corrected chi connectivity index (χ4v) is 7.56. The minimum Gasteiger partial charge on any atom is -0.390 e. The van der Waals surface area contributed by atoms with E-state index in [-0.39, 0.29) is 41.4 Å². The number of aliphatic hydroxyl groups is 1. The van der Waals surface area contributed by atoms with Crippen molar-refractivity contribution in [2.45, 2.75) is 82.8 Å². The number of likely N-dealkylation sites (tertiary alicyclic amines) is 1. The van der Waals surface area contributed by atoms with E-state index in [9.17, 15) is 23.5 Å². The molecule has 1 saturated carbocycles. The number of carbonyl (C=O) groups is 2. The molecule has 0 bridgehead atoms. The van der Waals surface area contributed by atoms with Crippen LogP contribution in [0.5, 0.6) is 0 Å². The Labute approximate surface area is 262 Å². The van der Waals surface area contributed by atoms with E-state index in [1.807, 2.05) is 26.2 Å². The highest BCUT2D eigenvalue weighted by Gasteiger charge is 2.49. The molecule has 1 N–H and O–H groups in total. The van der Waals surface area contributed by atoms with Gasteiger partial charge < -0.3 is 14.2 Å². The number of rotatable bonds is 10. The number of benzene rings is 2. The van der Waals surface area contributed by atoms with Gasteiger partial charge in [0.05, 0.1) is 11.2 Å². The summed E-state index contributed by atoms with van der Waals surface area (Å²) in [6.07, 6.45) is 5.91. The topological polar surface area (TPSA) is 88.6 Å². The van der Waals surface area contributed by atoms with Crippen molar-refractivity contribution in [3.8, 4) is 11.3 Å². The van der Waals surface area contributed by atoms with Crippen molar-refractivity contribution in [2.75, 3.05) is 13.1 Å². The van der Waals surface area contributed by atoms with Gasteiger partial charge in [-0.05, 0) is 67.9 Å². The molecule has 45 heavy (non-hydrogen) atoms. The van der Waals surface area contributed by atoms with Crippen LogP contribution in [0.3, 0.4) is 0 Å². The van der Waals surface area contributed by atoms with E-state index in [0.717, 1.165) is 54.3 Å². The molecule has 4 aromatic rings. The summed E-state index contributed by atoms with van der Waals surface area (Å²) in [6, 6.07) is 13.1. The second kappa shape index (κ2) is 11.6. The summed E-state index contributed by atoms with van der Waals surface area (Å²) in [5, 5.41) is 15.5. The number of hydrogen-bond acceptors (Lipinski definition) is 6. The van der Waals surface area contributed by atoms with Crippen LogP contribution in [-0.4, -0.2) is 56.0 Å². The van der Waals surface area contributed by atoms with Gasteiger partial charge in [0.15, 0.2) is 11.5 Å². The monoisotopic (exact) mass is 617 g/mol. The normalized spacial score (nSPS) is 22.0. The molecule has 6 rings (SSSR count). The predicted octanol–water partition coefficient (Wildman–Crippen LogP) is 7.01. The minimum atomic E-state index is -0.804. The van der Waals surface area contributed by atoms with E-state index >= 15 is 0 Å². The number of aryl methyl sites for hydroxylation is 1. The Bertz CT molecular complexity index is 1740. The maximum Gasteiger partial charge on any atom is 0.185 e. The van der Waals surface area contributed by atoms with Gasteiger partial charge >= 0.3 is 0 Å². The summed E-state index contributed by atoms with van der Waals surface area (Å²) in [5.74, 6) is -1.65. The van der Waals surface area contributed by atoms with Crippen molar-refractivity contribution >= 4 is 22.5 Å². The molecule has 1 aliphatic carbocycles. The fourth-order valence-electron chi connectivity index (χ4n) is 7.56. The van der Waals surface area contributed by atoms with Crippen LogP contribution >= 0.6 is 0 Å². The Morgan fingerprint density at radius 2 is 1.80 bits per heavy atom. The number of hydrogen-bond donors (Lipinski definition) is 1. The maximum atomic E-state index is 14.4. The van der Waals surface area contributed by atoms with Gasteiger partial charge in [0.2, 0.25) is 0 Å². The highest BCUT2D eigenvalue weighted by atomic mass is 19.1. The quantitative estimate of drug-likeness (QED) is 0.193. The van der Waals surface area contributed by atoms with E-state index in [4.69, 9.17) is 4.52 Å². The number of ketones is 2. The Balaban J connectivity index is 1.20. The number of halogens is 2. The second-order valence-corrected chi connectivity index (χ2v) is 14.4. The number of fused-ring (bicyclic) bond motifs is 1. The second-order valence-electron chi connectivity index (χ2n) is 14.4. The summed E-state index contributed by atoms with van der Waals surface area (Å²) < 4.78 is 35.2. The fraction of sp³-hybridized carbons (Fsp3) is 0.472. The molecular weight excluding hydrogens is 576 g/mol. The Morgan fingerprint density at radius 3 is 2.51 bits per heavy atom. The Hall–Kier alpha value is -3.69. The minimum absolute atomic E-state index is 0.0199. The molecule has 2 aromatic carbocycles. The number of Topliss-reactive ketones (excluding diaryl/α,β-unsaturated/α-hetero) is 2. The molecule has 1 saturated heterocycles. The van der Waals surface area contributed by atoms with E-state index < -0.39 is 28.1 Å². The van der Waals surface area contributed by atoms with Crippen LogP contribution in [0.1, 0.15) is 81.8 Å². The molecule has 0 radical (unpaired) electrons. The third-order valence-electron chi connectivity index (χ3n) is 10.0. The predicted molar refractivity (Wildman–Crippen MR) is 168 cm³/mol. The first-order valence-corrected chi connectivity index (χ1v) is 15.7. The molecule has 3 heterocycles. The van der Waals surface area contributed by atoms with Gasteiger partial charge in [-0.1, -0.05) is 31.1 Å². The van der Waals surface area contributed by atoms with Gasteiger partial charge in [-0.2, -0.15) is 0 Å². The molecular formula is C36H41F2N3O4. The van der Waals surface area contributed by atoms with Crippen LogP contribution in [-0.2, 0) is 17.3 Å². The highest BCUT2D eigenvalue weighted by Crippen LogP contribution is 2.45. The van der Waals surface area contributed by atoms with E-state index in [2.05, 4.69) is 46.7 Å². The molecule has 1 aliphatic heterocycles. The van der Waals surface area contributed by atoms with E-state index in [1.165, 1.54) is 12.1 Å². The molecule has 2 aromatic heterocycles. The van der Waals surface area contributed by atoms with Gasteiger partial charge in [-0.3, -0.25) is 14.5 Å². The smallest absolute Gasteiger partial charge is 0.185 e. The first kappa shape index (κ1) is 31.3. The standard InChI is InChI=1S/C36H41F2N3O4/c1-34(2,28-6-5-7-31-26(28)12-15-40(31)4)18-25(42)19-36(21-41(22-36)24-10-13-35(3,44)14-11-24)20-32(43)30-17-33(45-39-30)27-9-8-23(37)16-29(27)38/h5-9,12,15-17,24,44H,10-11,13-14,18-22H2,1-4H3. The SMILES string of the molecule is Cn1ccc2c(C(C)(C)CC(=O)CC3(CC(=O)c4cc(-c5ccc(F)cc5F)on4)CN(C4CCC(C)(O)CC4)C3)cccc21. The number of carbonyl (C=O) groups excluding carboxylic acids is 2. The molecule has 2 fully saturated rings. The van der Waals surface area contributed by atoms with E-state index in [0.29, 0.717) is 25.6 Å². The summed E-state index contributed by atoms with van der Waals surface area (Å²) in [5.41, 5.74) is 0.683. The summed E-state index contributed by atoms with van der Waals surface area (Å²) in [6.45, 7) is 7.27. The Morgan fingerprint density at radius 1 is 1.07 bits per heavy atom. The van der Waals surface area contributed by atoms with Crippen molar-refractivity contribution in [1.29, 1.82) is 0 Å². The zero-order chi connectivity index (χ0) is 32.1. The van der Waals surface area contributed by atoms with Crippen molar-refractivity contribution in [3.05, 3.63) is 77.6 Å². The van der Waals surface area contributed by atoms with Gasteiger partial charge in [0.25, 0.3) is 0 Å². The third-order valence-corrected chi connectivity index (χ3v) is 10.0. The zero-order valence-corrected chi connectivity index (χ0v) is 26.4. The summed E-state index contributed by atoms with van der Waals surface area (Å²) in [7, 11) is 2.01. The van der Waals surface area contributed by atoms with Gasteiger partial charge in [0.1, 0.15) is 23.1 Å². The molecule has 7 nitrogen and oxygen atoms in total. The van der Waals surface area contributed by atoms with Crippen molar-refractivity contribution < 1.29 is 28.0 Å². The van der Waals surface area contributed by atoms with Crippen LogP contribution in [0.2, 0.25) is 0 Å². The van der Waals surface area contributed by atoms with Gasteiger partial charge in [-0.25, -0.2) is 8.78 Å². The average Bonchev–Trinajstić information content (AvgIpc) is 3.58. The maximum absolute atomic E-state index is 14.4. The van der Waals surface area contributed by atoms with E-state index in [1.54, 1.807) is 0 Å². The highest BCUT2D eigenvalue weighted by molar-refractivity contribution is 5.96. The lowest BCUT2D eigenvalue weighted by Crippen LogP contribution is -2.62. The lowest BCUT2D eigenvalue weighted by molar-refractivity contribution is -0.128. The number of aromatic nitrogens is 2. The molecule has 238 valence electrons. The summed E-state index contributed by atoms with van der Waals surface area (Å²) in [4.78, 5) is 29.8. The van der Waals surface area contributed by atoms with Crippen LogP contribution in [0.25, 0.3) is 22.2 Å². The molecule has 0 spiro atoms. The molecule has 0 unspecified atom stereocenters. The van der Waals surface area contributed by atoms with Gasteiger partial charge in [-0.15, -0.1) is 0 Å². The van der Waals surface area contributed by atoms with Crippen LogP contribution < -0.4 is 0 Å². The average molecular weight is 618 g/mol. The van der Waals surface area contributed by atoms with Crippen LogP contribution in [0, 0.1) is 17.0 Å². The molecule has 0 atom stereocenters. The first-order chi connectivity index (χ1) is 21.2. The van der Waals surface area contributed by atoms with Crippen LogP contribution in [0.4, 0.5) is 8.78 Å². The van der Waals surface area contributed by atoms with Crippen LogP contribution in [0.15, 0.2) is 59.3 Å². The summed E-state index contributed by atoms with van der Waals surface area (Å²) >= 11 is 0. The first-order valence-electron chi connectivity index (χ1n) is 15.7. The van der Waals surface area contributed by atoms with Gasteiger partial charge in [0, 0.05) is 80.1 Å². The third kappa shape index (κ3) is 6.38. The van der Waals surface area contributed by atoms with Crippen molar-refractivity contribution in [1.82, 2.24) is 14.6 Å². The Kier molecular flexibility index (Phi) is 8.06. The van der Waals surface area contributed by atoms with Crippen molar-refractivity contribution in [2.24, 2.45) is 12.5 Å². The number of nitrogens with zero attached hydrogens (tertiary/aromatic N) is 3. The molecule has 2 aliphatic rings. The molecule has 9 heteroatoms. The lowest BCUT2D eigenvalue weighted by Gasteiger charge is -2.55.